The van der Waals surface area contributed by atoms with Gasteiger partial charge in [-0.05, 0) is 66.6 Å². The van der Waals surface area contributed by atoms with E-state index in [9.17, 15) is 13.2 Å². The third-order valence-corrected chi connectivity index (χ3v) is 7.46. The van der Waals surface area contributed by atoms with Crippen molar-refractivity contribution in [2.24, 2.45) is 0 Å². The molecule has 33 heavy (non-hydrogen) atoms. The minimum atomic E-state index is -3.69. The molecule has 7 heteroatoms. The highest BCUT2D eigenvalue weighted by Gasteiger charge is 2.21. The van der Waals surface area contributed by atoms with Crippen LogP contribution in [0.1, 0.15) is 42.0 Å². The monoisotopic (exact) mass is 529 g/mol. The molecule has 1 unspecified atom stereocenters. The maximum atomic E-state index is 13.1. The second-order valence-electron chi connectivity index (χ2n) is 7.82. The summed E-state index contributed by atoms with van der Waals surface area (Å²) in [7, 11) is -2.30. The van der Waals surface area contributed by atoms with Crippen molar-refractivity contribution >= 4 is 31.9 Å². The molecule has 0 fully saturated rings. The highest BCUT2D eigenvalue weighted by Crippen LogP contribution is 2.24. The molecule has 0 saturated heterocycles. The number of sulfonamides is 1. The number of rotatable bonds is 11. The van der Waals surface area contributed by atoms with E-state index in [2.05, 4.69) is 25.4 Å². The molecular formula is C26H28BrNO4S. The molecule has 0 aromatic heterocycles. The van der Waals surface area contributed by atoms with Gasteiger partial charge in [0.05, 0.1) is 12.0 Å². The van der Waals surface area contributed by atoms with Gasteiger partial charge in [-0.15, -0.1) is 0 Å². The quantitative estimate of drug-likeness (QED) is 0.328. The average molecular weight is 530 g/mol. The fourth-order valence-electron chi connectivity index (χ4n) is 3.57. The molecule has 0 radical (unpaired) electrons. The summed E-state index contributed by atoms with van der Waals surface area (Å²) in [5, 5.41) is 0. The summed E-state index contributed by atoms with van der Waals surface area (Å²) in [5.74, 6) is -0.213. The molecule has 3 aromatic rings. The Bertz CT molecular complexity index is 1130. The van der Waals surface area contributed by atoms with E-state index >= 15 is 0 Å². The highest BCUT2D eigenvalue weighted by molar-refractivity contribution is 9.10. The Kier molecular flexibility index (Phi) is 9.23. The first kappa shape index (κ1) is 25.1. The zero-order chi connectivity index (χ0) is 23.7. The Labute approximate surface area is 204 Å². The number of carbonyl (C=O) groups excluding carboxylic acids is 1. The molecule has 0 bridgehead atoms. The van der Waals surface area contributed by atoms with Crippen molar-refractivity contribution in [2.75, 3.05) is 7.11 Å². The van der Waals surface area contributed by atoms with Gasteiger partial charge in [0.2, 0.25) is 10.0 Å². The molecule has 5 nitrogen and oxygen atoms in total. The van der Waals surface area contributed by atoms with Gasteiger partial charge in [0, 0.05) is 16.9 Å². The lowest BCUT2D eigenvalue weighted by Gasteiger charge is -2.20. The second kappa shape index (κ2) is 12.1. The van der Waals surface area contributed by atoms with Gasteiger partial charge in [-0.2, -0.15) is 0 Å². The normalized spacial score (nSPS) is 12.3. The summed E-state index contributed by atoms with van der Waals surface area (Å²) >= 11 is 3.35. The fraction of sp³-hybridized carbons (Fsp3) is 0.269. The number of hydrogen-bond donors (Lipinski definition) is 1. The molecule has 0 aliphatic rings. The summed E-state index contributed by atoms with van der Waals surface area (Å²) in [6.07, 6.45) is 3.22. The van der Waals surface area contributed by atoms with Crippen molar-refractivity contribution in [1.82, 2.24) is 4.72 Å². The van der Waals surface area contributed by atoms with E-state index in [1.807, 2.05) is 54.6 Å². The number of ether oxygens (including phenoxy) is 1. The van der Waals surface area contributed by atoms with E-state index in [1.54, 1.807) is 24.3 Å². The van der Waals surface area contributed by atoms with E-state index in [1.165, 1.54) is 7.11 Å². The average Bonchev–Trinajstić information content (AvgIpc) is 2.83. The van der Waals surface area contributed by atoms with Crippen LogP contribution in [-0.4, -0.2) is 21.5 Å². The van der Waals surface area contributed by atoms with Gasteiger partial charge in [-0.1, -0.05) is 70.5 Å². The van der Waals surface area contributed by atoms with Gasteiger partial charge in [0.1, 0.15) is 0 Å². The van der Waals surface area contributed by atoms with Crippen LogP contribution >= 0.6 is 15.9 Å². The molecule has 3 aromatic carbocycles. The lowest BCUT2D eigenvalue weighted by Crippen LogP contribution is -2.29. The maximum Gasteiger partial charge on any atom is 0.305 e. The van der Waals surface area contributed by atoms with Crippen LogP contribution in [0, 0.1) is 0 Å². The fourth-order valence-corrected chi connectivity index (χ4v) is 5.10. The minimum absolute atomic E-state index is 0.213. The number of methoxy groups -OCH3 is 1. The summed E-state index contributed by atoms with van der Waals surface area (Å²) in [6, 6.07) is 24.2. The first-order valence-electron chi connectivity index (χ1n) is 10.8. The maximum absolute atomic E-state index is 13.1. The van der Waals surface area contributed by atoms with Crippen molar-refractivity contribution < 1.29 is 17.9 Å². The van der Waals surface area contributed by atoms with E-state index in [-0.39, 0.29) is 16.9 Å². The van der Waals surface area contributed by atoms with Crippen LogP contribution in [0.4, 0.5) is 0 Å². The first-order chi connectivity index (χ1) is 15.9. The van der Waals surface area contributed by atoms with Crippen molar-refractivity contribution in [1.29, 1.82) is 0 Å². The zero-order valence-corrected chi connectivity index (χ0v) is 20.9. The minimum Gasteiger partial charge on any atom is -0.469 e. The summed E-state index contributed by atoms with van der Waals surface area (Å²) in [4.78, 5) is 11.5. The van der Waals surface area contributed by atoms with Crippen molar-refractivity contribution in [3.63, 3.8) is 0 Å². The molecule has 0 aliphatic heterocycles. The second-order valence-corrected chi connectivity index (χ2v) is 10.5. The molecule has 3 rings (SSSR count). The number of carbonyl (C=O) groups is 1. The van der Waals surface area contributed by atoms with Crippen LogP contribution in [0.15, 0.2) is 88.2 Å². The Morgan fingerprint density at radius 2 is 1.55 bits per heavy atom. The summed E-state index contributed by atoms with van der Waals surface area (Å²) < 4.78 is 34.5. The Hall–Kier alpha value is -2.48. The van der Waals surface area contributed by atoms with Crippen molar-refractivity contribution in [3.05, 3.63) is 100 Å². The molecule has 1 atom stereocenters. The van der Waals surface area contributed by atoms with E-state index in [4.69, 9.17) is 0 Å². The van der Waals surface area contributed by atoms with Crippen LogP contribution in [0.2, 0.25) is 0 Å². The Morgan fingerprint density at radius 3 is 2.18 bits per heavy atom. The Morgan fingerprint density at radius 1 is 0.909 bits per heavy atom. The number of benzene rings is 3. The predicted molar refractivity (Wildman–Crippen MR) is 133 cm³/mol. The van der Waals surface area contributed by atoms with Crippen LogP contribution < -0.4 is 4.72 Å². The number of halogens is 1. The van der Waals surface area contributed by atoms with Crippen LogP contribution in [-0.2, 0) is 32.4 Å². The van der Waals surface area contributed by atoms with Gasteiger partial charge in [-0.25, -0.2) is 13.1 Å². The standard InChI is InChI=1S/C26H28BrNO4S/c1-32-26(29)9-5-8-21-10-13-22(14-11-21)25(19-12-20-6-3-2-4-7-20)28-33(30,31)24-17-15-23(27)16-18-24/h2-4,6-7,10-11,13-18,25,28H,5,8-9,12,19H2,1H3. The van der Waals surface area contributed by atoms with Gasteiger partial charge in [0.25, 0.3) is 0 Å². The molecule has 0 saturated carbocycles. The number of aryl methyl sites for hydroxylation is 2. The van der Waals surface area contributed by atoms with E-state index in [0.717, 1.165) is 34.0 Å². The molecule has 0 aliphatic carbocycles. The van der Waals surface area contributed by atoms with Gasteiger partial charge >= 0.3 is 5.97 Å². The van der Waals surface area contributed by atoms with Gasteiger partial charge in [-0.3, -0.25) is 4.79 Å². The largest absolute Gasteiger partial charge is 0.469 e. The SMILES string of the molecule is COC(=O)CCCc1ccc(C(CCc2ccccc2)NS(=O)(=O)c2ccc(Br)cc2)cc1. The predicted octanol–water partition coefficient (Wildman–Crippen LogP) is 5.60. The summed E-state index contributed by atoms with van der Waals surface area (Å²) in [5.41, 5.74) is 3.16. The highest BCUT2D eigenvalue weighted by atomic mass is 79.9. The zero-order valence-electron chi connectivity index (χ0n) is 18.5. The number of esters is 1. The van der Waals surface area contributed by atoms with Gasteiger partial charge in [0.15, 0.2) is 0 Å². The van der Waals surface area contributed by atoms with Crippen molar-refractivity contribution in [3.8, 4) is 0 Å². The van der Waals surface area contributed by atoms with Gasteiger partial charge < -0.3 is 4.74 Å². The third kappa shape index (κ3) is 7.81. The first-order valence-corrected chi connectivity index (χ1v) is 13.1. The number of hydrogen-bond acceptors (Lipinski definition) is 4. The summed E-state index contributed by atoms with van der Waals surface area (Å²) in [6.45, 7) is 0. The van der Waals surface area contributed by atoms with Crippen molar-refractivity contribution in [2.45, 2.75) is 43.0 Å². The van der Waals surface area contributed by atoms with E-state index < -0.39 is 10.0 Å². The third-order valence-electron chi connectivity index (χ3n) is 5.44. The lowest BCUT2D eigenvalue weighted by molar-refractivity contribution is -0.140. The molecule has 0 heterocycles. The topological polar surface area (TPSA) is 72.5 Å². The lowest BCUT2D eigenvalue weighted by atomic mass is 9.98. The van der Waals surface area contributed by atoms with Crippen LogP contribution in [0.5, 0.6) is 0 Å². The molecule has 0 amide bonds. The Balaban J connectivity index is 1.76. The molecular weight excluding hydrogens is 502 g/mol. The number of nitrogens with one attached hydrogen (secondary N) is 1. The smallest absolute Gasteiger partial charge is 0.305 e. The van der Waals surface area contributed by atoms with E-state index in [0.29, 0.717) is 19.3 Å². The van der Waals surface area contributed by atoms with Crippen LogP contribution in [0.25, 0.3) is 0 Å². The molecule has 174 valence electrons. The molecule has 1 N–H and O–H groups in total. The van der Waals surface area contributed by atoms with Crippen LogP contribution in [0.3, 0.4) is 0 Å². The molecule has 0 spiro atoms.